The average molecular weight is 671 g/mol. The highest BCUT2D eigenvalue weighted by Crippen LogP contribution is 2.44. The van der Waals surface area contributed by atoms with Gasteiger partial charge in [0.05, 0.1) is 23.8 Å². The summed E-state index contributed by atoms with van der Waals surface area (Å²) < 4.78 is 136. The van der Waals surface area contributed by atoms with Gasteiger partial charge in [-0.25, -0.2) is 0 Å². The first-order valence-electron chi connectivity index (χ1n) is 11.9. The fourth-order valence-electron chi connectivity index (χ4n) is 3.11. The van der Waals surface area contributed by atoms with Crippen LogP contribution < -0.4 is 9.47 Å². The number of rotatable bonds is 11. The van der Waals surface area contributed by atoms with Crippen molar-refractivity contribution in [3.63, 3.8) is 0 Å². The second-order valence-electron chi connectivity index (χ2n) is 8.61. The zero-order chi connectivity index (χ0) is 32.2. The molecule has 0 aliphatic heterocycles. The van der Waals surface area contributed by atoms with Gasteiger partial charge in [-0.1, -0.05) is 21.6 Å². The van der Waals surface area contributed by atoms with Crippen LogP contribution in [0.3, 0.4) is 0 Å². The summed E-state index contributed by atoms with van der Waals surface area (Å²) in [5.41, 5.74) is 1.25. The SMILES string of the molecule is FC(F)(F)C(F)(F)COc1ccc(-c2ncccc2SSc2cccnc2-c2ccc(OCC(F)(F)C(F)(F)F)cn2)nc1. The molecule has 0 spiro atoms. The maximum atomic E-state index is 13.1. The fourth-order valence-corrected chi connectivity index (χ4v) is 5.38. The van der Waals surface area contributed by atoms with E-state index >= 15 is 0 Å². The van der Waals surface area contributed by atoms with Gasteiger partial charge in [0, 0.05) is 22.2 Å². The van der Waals surface area contributed by atoms with Gasteiger partial charge in [0.2, 0.25) is 0 Å². The molecule has 0 aliphatic carbocycles. The summed E-state index contributed by atoms with van der Waals surface area (Å²) in [4.78, 5) is 17.8. The molecule has 234 valence electrons. The molecule has 0 N–H and O–H groups in total. The van der Waals surface area contributed by atoms with Gasteiger partial charge in [-0.2, -0.15) is 43.9 Å². The predicted molar refractivity (Wildman–Crippen MR) is 140 cm³/mol. The largest absolute Gasteiger partial charge is 0.485 e. The van der Waals surface area contributed by atoms with Crippen molar-refractivity contribution in [2.75, 3.05) is 13.2 Å². The third-order valence-electron chi connectivity index (χ3n) is 5.39. The first-order valence-corrected chi connectivity index (χ1v) is 14.0. The monoisotopic (exact) mass is 670 g/mol. The highest BCUT2D eigenvalue weighted by molar-refractivity contribution is 8.76. The maximum absolute atomic E-state index is 13.1. The van der Waals surface area contributed by atoms with Crippen LogP contribution in [0.1, 0.15) is 0 Å². The van der Waals surface area contributed by atoms with Crippen molar-refractivity contribution in [3.8, 4) is 34.3 Å². The van der Waals surface area contributed by atoms with Gasteiger partial charge in [-0.15, -0.1) is 0 Å². The van der Waals surface area contributed by atoms with Crippen molar-refractivity contribution < 1.29 is 53.4 Å². The number of alkyl halides is 10. The van der Waals surface area contributed by atoms with Crippen LogP contribution in [0.4, 0.5) is 43.9 Å². The lowest BCUT2D eigenvalue weighted by molar-refractivity contribution is -0.290. The molecule has 0 saturated heterocycles. The highest BCUT2D eigenvalue weighted by Gasteiger charge is 2.59. The second kappa shape index (κ2) is 13.1. The number of hydrogen-bond donors (Lipinski definition) is 0. The number of nitrogens with zero attached hydrogens (tertiary/aromatic N) is 4. The van der Waals surface area contributed by atoms with E-state index < -0.39 is 37.4 Å². The minimum Gasteiger partial charge on any atom is -0.485 e. The Morgan fingerprint density at radius 3 is 1.23 bits per heavy atom. The van der Waals surface area contributed by atoms with Crippen LogP contribution >= 0.6 is 21.6 Å². The third-order valence-corrected chi connectivity index (χ3v) is 7.82. The molecule has 18 heteroatoms. The molecule has 4 aromatic rings. The van der Waals surface area contributed by atoms with E-state index in [1.54, 1.807) is 24.3 Å². The molecule has 44 heavy (non-hydrogen) atoms. The van der Waals surface area contributed by atoms with Crippen molar-refractivity contribution >= 4 is 21.6 Å². The van der Waals surface area contributed by atoms with Gasteiger partial charge in [0.25, 0.3) is 0 Å². The van der Waals surface area contributed by atoms with E-state index in [4.69, 9.17) is 0 Å². The summed E-state index contributed by atoms with van der Waals surface area (Å²) in [6, 6.07) is 11.7. The molecule has 4 heterocycles. The number of hydrogen-bond acceptors (Lipinski definition) is 8. The van der Waals surface area contributed by atoms with Crippen LogP contribution in [0.25, 0.3) is 22.8 Å². The summed E-state index contributed by atoms with van der Waals surface area (Å²) in [6.45, 7) is -3.82. The lowest BCUT2D eigenvalue weighted by Gasteiger charge is -2.19. The van der Waals surface area contributed by atoms with Crippen molar-refractivity contribution in [1.82, 2.24) is 19.9 Å². The Bertz CT molecular complexity index is 1440. The van der Waals surface area contributed by atoms with Crippen LogP contribution in [-0.2, 0) is 0 Å². The minimum atomic E-state index is -5.76. The second-order valence-corrected chi connectivity index (χ2v) is 10.8. The first kappa shape index (κ1) is 33.1. The highest BCUT2D eigenvalue weighted by atomic mass is 33.1. The van der Waals surface area contributed by atoms with Crippen LogP contribution in [0.2, 0.25) is 0 Å². The lowest BCUT2D eigenvalue weighted by Crippen LogP contribution is -2.41. The normalized spacial score (nSPS) is 12.7. The van der Waals surface area contributed by atoms with Gasteiger partial charge >= 0.3 is 24.2 Å². The topological polar surface area (TPSA) is 70.0 Å². The molecular formula is C26H16F10N4O2S2. The van der Waals surface area contributed by atoms with E-state index in [0.29, 0.717) is 21.2 Å². The minimum absolute atomic E-state index is 0.267. The molecule has 0 saturated carbocycles. The molecule has 4 rings (SSSR count). The molecule has 6 nitrogen and oxygen atoms in total. The van der Waals surface area contributed by atoms with Crippen LogP contribution in [-0.4, -0.2) is 57.3 Å². The summed E-state index contributed by atoms with van der Waals surface area (Å²) in [6.07, 6.45) is -6.62. The number of ether oxygens (including phenoxy) is 2. The summed E-state index contributed by atoms with van der Waals surface area (Å²) in [5, 5.41) is 0. The van der Waals surface area contributed by atoms with Gasteiger partial charge in [-0.05, 0) is 48.5 Å². The number of halogens is 10. The molecule has 0 aromatic carbocycles. The average Bonchev–Trinajstić information content (AvgIpc) is 2.98. The van der Waals surface area contributed by atoms with Gasteiger partial charge in [0.1, 0.15) is 22.9 Å². The van der Waals surface area contributed by atoms with Gasteiger partial charge in [-0.3, -0.25) is 19.9 Å². The Kier molecular flexibility index (Phi) is 9.82. The van der Waals surface area contributed by atoms with Crippen molar-refractivity contribution in [2.45, 2.75) is 34.0 Å². The first-order chi connectivity index (χ1) is 20.6. The zero-order valence-corrected chi connectivity index (χ0v) is 23.2. The van der Waals surface area contributed by atoms with E-state index in [9.17, 15) is 43.9 Å². The number of aromatic nitrogens is 4. The van der Waals surface area contributed by atoms with Crippen molar-refractivity contribution in [3.05, 3.63) is 73.3 Å². The molecule has 0 amide bonds. The lowest BCUT2D eigenvalue weighted by atomic mass is 10.2. The van der Waals surface area contributed by atoms with E-state index in [2.05, 4.69) is 29.4 Å². The zero-order valence-electron chi connectivity index (χ0n) is 21.5. The maximum Gasteiger partial charge on any atom is 0.456 e. The molecule has 0 bridgehead atoms. The van der Waals surface area contributed by atoms with E-state index in [0.717, 1.165) is 12.4 Å². The van der Waals surface area contributed by atoms with Crippen molar-refractivity contribution in [1.29, 1.82) is 0 Å². The van der Waals surface area contributed by atoms with Crippen LogP contribution in [0.5, 0.6) is 11.5 Å². The summed E-state index contributed by atoms with van der Waals surface area (Å²) in [7, 11) is 2.43. The van der Waals surface area contributed by atoms with E-state index in [-0.39, 0.29) is 22.9 Å². The molecule has 0 aliphatic rings. The standard InChI is InChI=1S/C26H16F10N4O2S2/c27-23(28,25(31,32)33)13-41-15-5-7-17(39-11-15)21-19(3-1-9-37-21)43-44-20-4-2-10-38-22(20)18-8-6-16(12-40-18)42-14-24(29,30)26(34,35)36/h1-12H,13-14H2. The Morgan fingerprint density at radius 2 is 0.909 bits per heavy atom. The molecule has 0 unspecified atom stereocenters. The fraction of sp³-hybridized carbons (Fsp3) is 0.231. The van der Waals surface area contributed by atoms with Crippen LogP contribution in [0.15, 0.2) is 83.1 Å². The van der Waals surface area contributed by atoms with E-state index in [1.165, 1.54) is 58.2 Å². The Balaban J connectivity index is 1.45. The molecular weight excluding hydrogens is 654 g/mol. The molecule has 0 radical (unpaired) electrons. The van der Waals surface area contributed by atoms with Gasteiger partial charge < -0.3 is 9.47 Å². The Hall–Kier alpha value is -3.80. The smallest absolute Gasteiger partial charge is 0.456 e. The predicted octanol–water partition coefficient (Wildman–Crippen LogP) is 8.55. The molecule has 4 aromatic heterocycles. The molecule has 0 atom stereocenters. The molecule has 0 fully saturated rings. The number of pyridine rings is 4. The summed E-state index contributed by atoms with van der Waals surface area (Å²) in [5.74, 6) is -10.7. The van der Waals surface area contributed by atoms with E-state index in [1.807, 2.05) is 0 Å². The Morgan fingerprint density at radius 1 is 0.523 bits per heavy atom. The quantitative estimate of drug-likeness (QED) is 0.116. The van der Waals surface area contributed by atoms with Crippen LogP contribution in [0, 0.1) is 0 Å². The summed E-state index contributed by atoms with van der Waals surface area (Å²) >= 11 is 0. The van der Waals surface area contributed by atoms with Gasteiger partial charge in [0.15, 0.2) is 13.2 Å². The Labute approximate surface area is 249 Å². The van der Waals surface area contributed by atoms with Crippen molar-refractivity contribution in [2.24, 2.45) is 0 Å². The third kappa shape index (κ3) is 8.02.